The van der Waals surface area contributed by atoms with Crippen molar-refractivity contribution in [3.63, 3.8) is 0 Å². The number of hydrogen-bond donors (Lipinski definition) is 1. The van der Waals surface area contributed by atoms with Crippen molar-refractivity contribution in [3.05, 3.63) is 35.6 Å². The van der Waals surface area contributed by atoms with Crippen LogP contribution in [0.3, 0.4) is 0 Å². The summed E-state index contributed by atoms with van der Waals surface area (Å²) in [5.74, 6) is -1.60. The first-order chi connectivity index (χ1) is 11.0. The third-order valence-corrected chi connectivity index (χ3v) is 4.50. The second-order valence-corrected chi connectivity index (χ2v) is 6.25. The lowest BCUT2D eigenvalue weighted by Crippen LogP contribution is -2.37. The molecular weight excluding hydrogens is 297 g/mol. The number of carboxylic acid groups (broad SMARTS) is 1. The molecule has 23 heavy (non-hydrogen) atoms. The lowest BCUT2D eigenvalue weighted by Gasteiger charge is -2.25. The van der Waals surface area contributed by atoms with Crippen LogP contribution in [-0.4, -0.2) is 35.0 Å². The zero-order valence-corrected chi connectivity index (χ0v) is 13.5. The molecule has 0 bridgehead atoms. The van der Waals surface area contributed by atoms with Crippen molar-refractivity contribution < 1.29 is 19.1 Å². The van der Waals surface area contributed by atoms with E-state index in [9.17, 15) is 14.0 Å². The molecule has 2 rings (SSSR count). The van der Waals surface area contributed by atoms with Gasteiger partial charge in [0.1, 0.15) is 5.82 Å². The van der Waals surface area contributed by atoms with Gasteiger partial charge in [-0.25, -0.2) is 4.39 Å². The topological polar surface area (TPSA) is 57.6 Å². The van der Waals surface area contributed by atoms with Gasteiger partial charge < -0.3 is 10.0 Å². The van der Waals surface area contributed by atoms with Gasteiger partial charge in [-0.15, -0.1) is 0 Å². The largest absolute Gasteiger partial charge is 0.481 e. The number of benzene rings is 1. The maximum atomic E-state index is 13.2. The molecule has 1 N–H and O–H groups in total. The molecule has 0 heterocycles. The number of hydrogen-bond acceptors (Lipinski definition) is 2. The van der Waals surface area contributed by atoms with Crippen molar-refractivity contribution in [1.82, 2.24) is 4.90 Å². The van der Waals surface area contributed by atoms with Crippen molar-refractivity contribution >= 4 is 11.9 Å². The summed E-state index contributed by atoms with van der Waals surface area (Å²) in [5, 5.41) is 9.07. The number of rotatable bonds is 7. The summed E-state index contributed by atoms with van der Waals surface area (Å²) in [6.07, 6.45) is 3.13. The maximum Gasteiger partial charge on any atom is 0.306 e. The Hall–Kier alpha value is -1.91. The van der Waals surface area contributed by atoms with Gasteiger partial charge in [0.2, 0.25) is 5.91 Å². The van der Waals surface area contributed by atoms with Crippen LogP contribution in [0, 0.1) is 17.7 Å². The third kappa shape index (κ3) is 4.78. The second kappa shape index (κ2) is 8.09. The predicted molar refractivity (Wildman–Crippen MR) is 85.4 cm³/mol. The highest BCUT2D eigenvalue weighted by Gasteiger charge is 2.35. The molecular formula is C18H24FNO3. The minimum atomic E-state index is -0.804. The van der Waals surface area contributed by atoms with E-state index in [4.69, 9.17) is 5.11 Å². The summed E-state index contributed by atoms with van der Waals surface area (Å²) in [7, 11) is 0. The standard InChI is InChI=1S/C18H24FNO3/c1-2-9-20(10-8-13-4-3-5-16(19)11-13)17(21)14-6-7-15(12-14)18(22)23/h3-5,11,14-15H,2,6-10,12H2,1H3,(H,22,23)/t14-,15+/m1/s1. The molecule has 1 aromatic rings. The molecule has 0 radical (unpaired) electrons. The number of nitrogens with zero attached hydrogens (tertiary/aromatic N) is 1. The van der Waals surface area contributed by atoms with Crippen molar-refractivity contribution in [2.24, 2.45) is 11.8 Å². The highest BCUT2D eigenvalue weighted by molar-refractivity contribution is 5.81. The molecule has 0 spiro atoms. The van der Waals surface area contributed by atoms with Crippen molar-refractivity contribution in [2.45, 2.75) is 39.0 Å². The molecule has 0 saturated heterocycles. The molecule has 1 saturated carbocycles. The second-order valence-electron chi connectivity index (χ2n) is 6.25. The molecule has 1 aliphatic carbocycles. The van der Waals surface area contributed by atoms with Crippen molar-refractivity contribution in [2.75, 3.05) is 13.1 Å². The fourth-order valence-corrected chi connectivity index (χ4v) is 3.25. The quantitative estimate of drug-likeness (QED) is 0.839. The van der Waals surface area contributed by atoms with Gasteiger partial charge in [0.25, 0.3) is 0 Å². The summed E-state index contributed by atoms with van der Waals surface area (Å²) >= 11 is 0. The number of carboxylic acids is 1. The van der Waals surface area contributed by atoms with Gasteiger partial charge in [0, 0.05) is 19.0 Å². The van der Waals surface area contributed by atoms with Crippen molar-refractivity contribution in [1.29, 1.82) is 0 Å². The molecule has 0 aromatic heterocycles. The molecule has 2 atom stereocenters. The minimum Gasteiger partial charge on any atom is -0.481 e. The Balaban J connectivity index is 1.95. The molecule has 1 fully saturated rings. The van der Waals surface area contributed by atoms with E-state index in [0.717, 1.165) is 12.0 Å². The number of aliphatic carboxylic acids is 1. The average molecular weight is 321 g/mol. The Bertz CT molecular complexity index is 561. The van der Waals surface area contributed by atoms with Crippen LogP contribution in [0.15, 0.2) is 24.3 Å². The Morgan fingerprint density at radius 2 is 2.00 bits per heavy atom. The van der Waals surface area contributed by atoms with Crippen LogP contribution in [0.4, 0.5) is 4.39 Å². The van der Waals surface area contributed by atoms with E-state index in [1.165, 1.54) is 12.1 Å². The maximum absolute atomic E-state index is 13.2. The predicted octanol–water partition coefficient (Wildman–Crippen LogP) is 3.11. The Labute approximate surface area is 136 Å². The number of amides is 1. The lowest BCUT2D eigenvalue weighted by molar-refractivity contribution is -0.141. The minimum absolute atomic E-state index is 0.0482. The van der Waals surface area contributed by atoms with E-state index in [2.05, 4.69) is 0 Å². The number of halogens is 1. The van der Waals surface area contributed by atoms with Gasteiger partial charge in [-0.05, 0) is 49.8 Å². The Morgan fingerprint density at radius 3 is 2.61 bits per heavy atom. The van der Waals surface area contributed by atoms with Crippen LogP contribution < -0.4 is 0 Å². The zero-order valence-electron chi connectivity index (χ0n) is 13.5. The molecule has 5 heteroatoms. The Kier molecular flexibility index (Phi) is 6.13. The van der Waals surface area contributed by atoms with Crippen LogP contribution in [0.25, 0.3) is 0 Å². The third-order valence-electron chi connectivity index (χ3n) is 4.50. The van der Waals surface area contributed by atoms with E-state index in [1.54, 1.807) is 11.0 Å². The fourth-order valence-electron chi connectivity index (χ4n) is 3.25. The van der Waals surface area contributed by atoms with Gasteiger partial charge in [-0.3, -0.25) is 9.59 Å². The first kappa shape index (κ1) is 17.4. The van der Waals surface area contributed by atoms with Crippen molar-refractivity contribution in [3.8, 4) is 0 Å². The van der Waals surface area contributed by atoms with Gasteiger partial charge >= 0.3 is 5.97 Å². The normalized spacial score (nSPS) is 20.4. The monoisotopic (exact) mass is 321 g/mol. The zero-order chi connectivity index (χ0) is 16.8. The molecule has 1 aliphatic rings. The van der Waals surface area contributed by atoms with Gasteiger partial charge in [-0.2, -0.15) is 0 Å². The number of carbonyl (C=O) groups is 2. The van der Waals surface area contributed by atoms with Crippen LogP contribution in [-0.2, 0) is 16.0 Å². The molecule has 0 aliphatic heterocycles. The average Bonchev–Trinajstić information content (AvgIpc) is 3.01. The van der Waals surface area contributed by atoms with Crippen LogP contribution >= 0.6 is 0 Å². The SMILES string of the molecule is CCCN(CCc1cccc(F)c1)C(=O)[C@@H]1CC[C@H](C(=O)O)C1. The smallest absolute Gasteiger partial charge is 0.306 e. The van der Waals surface area contributed by atoms with E-state index in [1.807, 2.05) is 13.0 Å². The summed E-state index contributed by atoms with van der Waals surface area (Å²) in [4.78, 5) is 25.5. The van der Waals surface area contributed by atoms with Gasteiger partial charge in [0.15, 0.2) is 0 Å². The highest BCUT2D eigenvalue weighted by atomic mass is 19.1. The van der Waals surface area contributed by atoms with Gasteiger partial charge in [-0.1, -0.05) is 19.1 Å². The summed E-state index contributed by atoms with van der Waals surface area (Å²) in [5.41, 5.74) is 0.869. The summed E-state index contributed by atoms with van der Waals surface area (Å²) < 4.78 is 13.2. The summed E-state index contributed by atoms with van der Waals surface area (Å²) in [6.45, 7) is 3.21. The van der Waals surface area contributed by atoms with Crippen LogP contribution in [0.1, 0.15) is 38.2 Å². The highest BCUT2D eigenvalue weighted by Crippen LogP contribution is 2.32. The molecule has 4 nitrogen and oxygen atoms in total. The van der Waals surface area contributed by atoms with E-state index < -0.39 is 11.9 Å². The Morgan fingerprint density at radius 1 is 1.26 bits per heavy atom. The van der Waals surface area contributed by atoms with E-state index >= 15 is 0 Å². The summed E-state index contributed by atoms with van der Waals surface area (Å²) in [6, 6.07) is 6.42. The number of carbonyl (C=O) groups excluding carboxylic acids is 1. The molecule has 1 aromatic carbocycles. The van der Waals surface area contributed by atoms with E-state index in [0.29, 0.717) is 38.8 Å². The fraction of sp³-hybridized carbons (Fsp3) is 0.556. The van der Waals surface area contributed by atoms with E-state index in [-0.39, 0.29) is 17.6 Å². The molecule has 0 unspecified atom stereocenters. The van der Waals surface area contributed by atoms with Gasteiger partial charge in [0.05, 0.1) is 5.92 Å². The molecule has 126 valence electrons. The first-order valence-electron chi connectivity index (χ1n) is 8.27. The van der Waals surface area contributed by atoms with Crippen LogP contribution in [0.2, 0.25) is 0 Å². The lowest BCUT2D eigenvalue weighted by atomic mass is 10.0. The first-order valence-corrected chi connectivity index (χ1v) is 8.27. The van der Waals surface area contributed by atoms with Crippen LogP contribution in [0.5, 0.6) is 0 Å². The molecule has 1 amide bonds.